The van der Waals surface area contributed by atoms with Gasteiger partial charge in [-0.2, -0.15) is 0 Å². The van der Waals surface area contributed by atoms with Crippen LogP contribution >= 0.6 is 0 Å². The Labute approximate surface area is 120 Å². The number of piperidine rings is 1. The van der Waals surface area contributed by atoms with Crippen molar-refractivity contribution < 1.29 is 14.3 Å². The molecule has 2 aliphatic rings. The molecule has 114 valence electrons. The topological polar surface area (TPSA) is 84.7 Å². The third-order valence-corrected chi connectivity index (χ3v) is 4.22. The second kappa shape index (κ2) is 6.92. The molecule has 3 atom stereocenters. The van der Waals surface area contributed by atoms with Gasteiger partial charge in [0, 0.05) is 25.2 Å². The Morgan fingerprint density at radius 3 is 2.75 bits per heavy atom. The average molecular weight is 283 g/mol. The Hall–Kier alpha value is -1.30. The largest absolute Gasteiger partial charge is 0.450 e. The van der Waals surface area contributed by atoms with Crippen LogP contribution in [0.2, 0.25) is 0 Å². The van der Waals surface area contributed by atoms with E-state index in [4.69, 9.17) is 10.5 Å². The van der Waals surface area contributed by atoms with Crippen LogP contribution in [-0.2, 0) is 9.53 Å². The minimum atomic E-state index is -0.399. The SMILES string of the molecule is CCOC(=O)NC1CCCN(C(=O)C2CCCC2N)C1. The van der Waals surface area contributed by atoms with Gasteiger partial charge in [0.1, 0.15) is 0 Å². The van der Waals surface area contributed by atoms with Crippen molar-refractivity contribution in [3.63, 3.8) is 0 Å². The number of hydrogen-bond donors (Lipinski definition) is 2. The summed E-state index contributed by atoms with van der Waals surface area (Å²) in [6, 6.07) is -0.00901. The number of rotatable bonds is 3. The molecule has 0 aromatic carbocycles. The highest BCUT2D eigenvalue weighted by molar-refractivity contribution is 5.80. The lowest BCUT2D eigenvalue weighted by molar-refractivity contribution is -0.137. The molecule has 6 nitrogen and oxygen atoms in total. The van der Waals surface area contributed by atoms with Crippen LogP contribution in [0.25, 0.3) is 0 Å². The van der Waals surface area contributed by atoms with E-state index in [0.717, 1.165) is 38.6 Å². The van der Waals surface area contributed by atoms with Crippen molar-refractivity contribution in [3.05, 3.63) is 0 Å². The van der Waals surface area contributed by atoms with Crippen molar-refractivity contribution in [2.45, 2.75) is 51.1 Å². The summed E-state index contributed by atoms with van der Waals surface area (Å²) < 4.78 is 4.88. The molecule has 20 heavy (non-hydrogen) atoms. The van der Waals surface area contributed by atoms with Crippen LogP contribution in [0.1, 0.15) is 39.0 Å². The number of carbonyl (C=O) groups is 2. The quantitative estimate of drug-likeness (QED) is 0.804. The van der Waals surface area contributed by atoms with Gasteiger partial charge < -0.3 is 20.7 Å². The van der Waals surface area contributed by atoms with Crippen molar-refractivity contribution in [1.29, 1.82) is 0 Å². The average Bonchev–Trinajstić information content (AvgIpc) is 2.84. The smallest absolute Gasteiger partial charge is 0.407 e. The minimum Gasteiger partial charge on any atom is -0.450 e. The normalized spacial score (nSPS) is 30.1. The minimum absolute atomic E-state index is 0.000826. The molecule has 0 spiro atoms. The fourth-order valence-corrected chi connectivity index (χ4v) is 3.16. The summed E-state index contributed by atoms with van der Waals surface area (Å²) in [5, 5.41) is 2.82. The van der Waals surface area contributed by atoms with E-state index in [9.17, 15) is 9.59 Å². The van der Waals surface area contributed by atoms with Gasteiger partial charge in [-0.3, -0.25) is 4.79 Å². The molecule has 1 saturated heterocycles. The van der Waals surface area contributed by atoms with Gasteiger partial charge in [0.15, 0.2) is 0 Å². The molecule has 0 aromatic rings. The summed E-state index contributed by atoms with van der Waals surface area (Å²) in [6.45, 7) is 3.47. The molecule has 0 aromatic heterocycles. The van der Waals surface area contributed by atoms with E-state index in [1.54, 1.807) is 6.92 Å². The lowest BCUT2D eigenvalue weighted by Gasteiger charge is -2.35. The Bertz CT molecular complexity index is 362. The first-order valence-electron chi connectivity index (χ1n) is 7.59. The van der Waals surface area contributed by atoms with Crippen LogP contribution in [-0.4, -0.2) is 48.7 Å². The number of nitrogens with zero attached hydrogens (tertiary/aromatic N) is 1. The summed E-state index contributed by atoms with van der Waals surface area (Å²) in [7, 11) is 0. The summed E-state index contributed by atoms with van der Waals surface area (Å²) in [5.41, 5.74) is 6.00. The molecule has 1 aliphatic heterocycles. The fraction of sp³-hybridized carbons (Fsp3) is 0.857. The van der Waals surface area contributed by atoms with E-state index in [-0.39, 0.29) is 23.9 Å². The molecule has 2 amide bonds. The summed E-state index contributed by atoms with van der Waals surface area (Å²) in [6.07, 6.45) is 4.27. The van der Waals surface area contributed by atoms with Crippen molar-refractivity contribution in [2.75, 3.05) is 19.7 Å². The van der Waals surface area contributed by atoms with Gasteiger partial charge in [-0.1, -0.05) is 6.42 Å². The van der Waals surface area contributed by atoms with E-state index >= 15 is 0 Å². The second-order valence-electron chi connectivity index (χ2n) is 5.69. The van der Waals surface area contributed by atoms with E-state index in [1.807, 2.05) is 4.90 Å². The van der Waals surface area contributed by atoms with E-state index in [0.29, 0.717) is 13.2 Å². The molecule has 0 radical (unpaired) electrons. The molecule has 2 fully saturated rings. The van der Waals surface area contributed by atoms with Crippen molar-refractivity contribution >= 4 is 12.0 Å². The third-order valence-electron chi connectivity index (χ3n) is 4.22. The molecule has 1 aliphatic carbocycles. The molecule has 3 unspecified atom stereocenters. The monoisotopic (exact) mass is 283 g/mol. The van der Waals surface area contributed by atoms with Crippen molar-refractivity contribution in [3.8, 4) is 0 Å². The number of hydrogen-bond acceptors (Lipinski definition) is 4. The van der Waals surface area contributed by atoms with E-state index in [1.165, 1.54) is 0 Å². The van der Waals surface area contributed by atoms with Gasteiger partial charge in [0.05, 0.1) is 12.5 Å². The van der Waals surface area contributed by atoms with Gasteiger partial charge in [-0.15, -0.1) is 0 Å². The number of alkyl carbamates (subject to hydrolysis) is 1. The predicted octanol–water partition coefficient (Wildman–Crippen LogP) is 0.851. The van der Waals surface area contributed by atoms with Crippen molar-refractivity contribution in [1.82, 2.24) is 10.2 Å². The highest BCUT2D eigenvalue weighted by Gasteiger charge is 2.35. The maximum Gasteiger partial charge on any atom is 0.407 e. The zero-order valence-corrected chi connectivity index (χ0v) is 12.1. The van der Waals surface area contributed by atoms with Gasteiger partial charge in [0.2, 0.25) is 5.91 Å². The lowest BCUT2D eigenvalue weighted by Crippen LogP contribution is -2.52. The molecular formula is C14H25N3O3. The van der Waals surface area contributed by atoms with Crippen LogP contribution < -0.4 is 11.1 Å². The molecule has 3 N–H and O–H groups in total. The fourth-order valence-electron chi connectivity index (χ4n) is 3.16. The molecular weight excluding hydrogens is 258 g/mol. The Kier molecular flexibility index (Phi) is 5.23. The lowest BCUT2D eigenvalue weighted by atomic mass is 9.99. The van der Waals surface area contributed by atoms with E-state index < -0.39 is 6.09 Å². The van der Waals surface area contributed by atoms with E-state index in [2.05, 4.69) is 5.32 Å². The standard InChI is InChI=1S/C14H25N3O3/c1-2-20-14(19)16-10-5-4-8-17(9-10)13(18)11-6-3-7-12(11)15/h10-12H,2-9,15H2,1H3,(H,16,19). The first kappa shape index (κ1) is 15.1. The zero-order valence-electron chi connectivity index (χ0n) is 12.1. The first-order chi connectivity index (χ1) is 9.61. The van der Waals surface area contributed by atoms with Gasteiger partial charge >= 0.3 is 6.09 Å². The number of ether oxygens (including phenoxy) is 1. The molecule has 1 saturated carbocycles. The summed E-state index contributed by atoms with van der Waals surface area (Å²) >= 11 is 0. The molecule has 1 heterocycles. The number of nitrogens with one attached hydrogen (secondary N) is 1. The summed E-state index contributed by atoms with van der Waals surface area (Å²) in [5.74, 6) is 0.127. The van der Waals surface area contributed by atoms with Crippen molar-refractivity contribution in [2.24, 2.45) is 11.7 Å². The Morgan fingerprint density at radius 2 is 2.10 bits per heavy atom. The predicted molar refractivity (Wildman–Crippen MR) is 75.1 cm³/mol. The van der Waals surface area contributed by atoms with Gasteiger partial charge in [-0.05, 0) is 32.6 Å². The number of nitrogens with two attached hydrogens (primary N) is 1. The maximum atomic E-state index is 12.5. The van der Waals surface area contributed by atoms with Gasteiger partial charge in [-0.25, -0.2) is 4.79 Å². The van der Waals surface area contributed by atoms with Crippen LogP contribution in [0.3, 0.4) is 0 Å². The highest BCUT2D eigenvalue weighted by atomic mass is 16.5. The van der Waals surface area contributed by atoms with Gasteiger partial charge in [0.25, 0.3) is 0 Å². The Balaban J connectivity index is 1.86. The zero-order chi connectivity index (χ0) is 14.5. The molecule has 0 bridgehead atoms. The van der Waals surface area contributed by atoms with Crippen LogP contribution in [0.15, 0.2) is 0 Å². The van der Waals surface area contributed by atoms with Crippen LogP contribution in [0.4, 0.5) is 4.79 Å². The summed E-state index contributed by atoms with van der Waals surface area (Å²) in [4.78, 5) is 25.8. The molecule has 6 heteroatoms. The first-order valence-corrected chi connectivity index (χ1v) is 7.59. The third kappa shape index (κ3) is 3.62. The number of carbonyl (C=O) groups excluding carboxylic acids is 2. The second-order valence-corrected chi connectivity index (χ2v) is 5.69. The maximum absolute atomic E-state index is 12.5. The highest BCUT2D eigenvalue weighted by Crippen LogP contribution is 2.27. The number of amides is 2. The Morgan fingerprint density at radius 1 is 1.30 bits per heavy atom. The number of likely N-dealkylation sites (tertiary alicyclic amines) is 1. The van der Waals surface area contributed by atoms with Crippen LogP contribution in [0.5, 0.6) is 0 Å². The van der Waals surface area contributed by atoms with Crippen LogP contribution in [0, 0.1) is 5.92 Å². The molecule has 2 rings (SSSR count).